The van der Waals surface area contributed by atoms with Gasteiger partial charge in [-0.05, 0) is 47.8 Å². The molecule has 0 saturated heterocycles. The summed E-state index contributed by atoms with van der Waals surface area (Å²) in [5.74, 6) is -0.286. The number of benzene rings is 1. The number of carbonyl (C=O) groups is 1. The normalized spacial score (nSPS) is 14.1. The second kappa shape index (κ2) is 6.24. The Morgan fingerprint density at radius 1 is 1.41 bits per heavy atom. The van der Waals surface area contributed by atoms with Gasteiger partial charge in [-0.3, -0.25) is 4.79 Å². The van der Waals surface area contributed by atoms with Crippen LogP contribution in [0.5, 0.6) is 0 Å². The molecule has 3 nitrogen and oxygen atoms in total. The lowest BCUT2D eigenvalue weighted by Crippen LogP contribution is -2.34. The first-order chi connectivity index (χ1) is 10.6. The molecule has 1 aliphatic carbocycles. The van der Waals surface area contributed by atoms with Crippen LogP contribution in [0.2, 0.25) is 0 Å². The van der Waals surface area contributed by atoms with Gasteiger partial charge in [0, 0.05) is 35.4 Å². The first-order valence-corrected chi connectivity index (χ1v) is 8.29. The van der Waals surface area contributed by atoms with Gasteiger partial charge in [-0.1, -0.05) is 18.2 Å². The van der Waals surface area contributed by atoms with Crippen LogP contribution in [-0.2, 0) is 13.1 Å². The Hall–Kier alpha value is -1.62. The second-order valence-corrected chi connectivity index (χ2v) is 6.50. The van der Waals surface area contributed by atoms with E-state index in [1.165, 1.54) is 6.07 Å². The van der Waals surface area contributed by atoms with Crippen LogP contribution in [-0.4, -0.2) is 21.4 Å². The van der Waals surface area contributed by atoms with Crippen molar-refractivity contribution in [2.24, 2.45) is 0 Å². The zero-order valence-corrected chi connectivity index (χ0v) is 14.0. The highest BCUT2D eigenvalue weighted by atomic mass is 79.9. The van der Waals surface area contributed by atoms with Gasteiger partial charge in [-0.25, -0.2) is 4.39 Å². The monoisotopic (exact) mass is 364 g/mol. The fraction of sp³-hybridized carbons (Fsp3) is 0.353. The van der Waals surface area contributed by atoms with E-state index in [2.05, 4.69) is 15.9 Å². The van der Waals surface area contributed by atoms with E-state index in [0.717, 1.165) is 23.9 Å². The largest absolute Gasteiger partial charge is 0.343 e. The van der Waals surface area contributed by atoms with Crippen LogP contribution < -0.4 is 0 Å². The van der Waals surface area contributed by atoms with Crippen molar-refractivity contribution in [2.75, 3.05) is 0 Å². The van der Waals surface area contributed by atoms with Crippen molar-refractivity contribution in [1.82, 2.24) is 9.47 Å². The van der Waals surface area contributed by atoms with E-state index in [1.807, 2.05) is 23.8 Å². The van der Waals surface area contributed by atoms with Crippen molar-refractivity contribution >= 4 is 21.8 Å². The van der Waals surface area contributed by atoms with Crippen molar-refractivity contribution in [1.29, 1.82) is 0 Å². The number of aryl methyl sites for hydroxylation is 1. The van der Waals surface area contributed by atoms with E-state index >= 15 is 0 Å². The lowest BCUT2D eigenvalue weighted by molar-refractivity contribution is 0.0717. The van der Waals surface area contributed by atoms with Crippen molar-refractivity contribution in [2.45, 2.75) is 38.9 Å². The summed E-state index contributed by atoms with van der Waals surface area (Å²) in [5, 5.41) is 0. The molecule has 1 aromatic carbocycles. The van der Waals surface area contributed by atoms with Gasteiger partial charge in [-0.2, -0.15) is 0 Å². The summed E-state index contributed by atoms with van der Waals surface area (Å²) < 4.78 is 16.7. The predicted octanol–water partition coefficient (Wildman–Crippen LogP) is 4.21. The predicted molar refractivity (Wildman–Crippen MR) is 87.1 cm³/mol. The summed E-state index contributed by atoms with van der Waals surface area (Å²) in [4.78, 5) is 14.7. The summed E-state index contributed by atoms with van der Waals surface area (Å²) in [7, 11) is 0. The zero-order chi connectivity index (χ0) is 15.7. The number of amides is 1. The first kappa shape index (κ1) is 15.3. The quantitative estimate of drug-likeness (QED) is 0.779. The Morgan fingerprint density at radius 3 is 2.77 bits per heavy atom. The van der Waals surface area contributed by atoms with Crippen molar-refractivity contribution in [3.05, 3.63) is 58.1 Å². The van der Waals surface area contributed by atoms with Crippen molar-refractivity contribution in [3.63, 3.8) is 0 Å². The second-order valence-electron chi connectivity index (χ2n) is 5.59. The van der Waals surface area contributed by atoms with Gasteiger partial charge in [-0.15, -0.1) is 0 Å². The molecule has 2 aromatic rings. The molecule has 1 heterocycles. The van der Waals surface area contributed by atoms with Gasteiger partial charge in [0.25, 0.3) is 5.91 Å². The van der Waals surface area contributed by atoms with E-state index in [4.69, 9.17) is 0 Å². The van der Waals surface area contributed by atoms with Gasteiger partial charge in [0.15, 0.2) is 0 Å². The average molecular weight is 365 g/mol. The van der Waals surface area contributed by atoms with E-state index < -0.39 is 0 Å². The Labute approximate surface area is 137 Å². The molecule has 5 heteroatoms. The summed E-state index contributed by atoms with van der Waals surface area (Å²) >= 11 is 3.42. The topological polar surface area (TPSA) is 25.2 Å². The smallest absolute Gasteiger partial charge is 0.271 e. The average Bonchev–Trinajstić information content (AvgIpc) is 3.27. The van der Waals surface area contributed by atoms with Crippen molar-refractivity contribution in [3.8, 4) is 0 Å². The highest BCUT2D eigenvalue weighted by molar-refractivity contribution is 9.10. The lowest BCUT2D eigenvalue weighted by atomic mass is 10.2. The van der Waals surface area contributed by atoms with Crippen LogP contribution >= 0.6 is 15.9 Å². The van der Waals surface area contributed by atoms with E-state index in [9.17, 15) is 9.18 Å². The number of hydrogen-bond donors (Lipinski definition) is 0. The molecule has 0 aliphatic heterocycles. The van der Waals surface area contributed by atoms with Crippen LogP contribution in [0.4, 0.5) is 4.39 Å². The first-order valence-electron chi connectivity index (χ1n) is 7.50. The molecule has 1 amide bonds. The highest BCUT2D eigenvalue weighted by Crippen LogP contribution is 2.31. The zero-order valence-electron chi connectivity index (χ0n) is 12.4. The maximum Gasteiger partial charge on any atom is 0.271 e. The number of carbonyl (C=O) groups excluding carboxylic acids is 1. The minimum absolute atomic E-state index is 0.0293. The van der Waals surface area contributed by atoms with Crippen LogP contribution in [0.15, 0.2) is 41.0 Å². The van der Waals surface area contributed by atoms with E-state index in [-0.39, 0.29) is 17.8 Å². The number of nitrogens with zero attached hydrogens (tertiary/aromatic N) is 2. The number of halogens is 2. The Morgan fingerprint density at radius 2 is 2.14 bits per heavy atom. The summed E-state index contributed by atoms with van der Waals surface area (Å²) in [5.41, 5.74) is 1.22. The molecular formula is C17H18BrFN2O. The fourth-order valence-corrected chi connectivity index (χ4v) is 3.09. The Balaban J connectivity index is 1.88. The van der Waals surface area contributed by atoms with Crippen LogP contribution in [0.1, 0.15) is 35.8 Å². The minimum atomic E-state index is -0.256. The van der Waals surface area contributed by atoms with Crippen LogP contribution in [0.25, 0.3) is 0 Å². The molecular weight excluding hydrogens is 347 g/mol. The molecule has 0 N–H and O–H groups in total. The maximum atomic E-state index is 13.9. The maximum absolute atomic E-state index is 13.9. The SMILES string of the molecule is CCn1cc(Br)cc1C(=O)N(Cc1ccccc1F)C1CC1. The van der Waals surface area contributed by atoms with E-state index in [0.29, 0.717) is 17.8 Å². The van der Waals surface area contributed by atoms with Gasteiger partial charge in [0.05, 0.1) is 0 Å². The third kappa shape index (κ3) is 3.09. The van der Waals surface area contributed by atoms with Gasteiger partial charge in [0.2, 0.25) is 0 Å². The third-order valence-electron chi connectivity index (χ3n) is 3.97. The molecule has 22 heavy (non-hydrogen) atoms. The highest BCUT2D eigenvalue weighted by Gasteiger charge is 2.34. The van der Waals surface area contributed by atoms with Gasteiger partial charge < -0.3 is 9.47 Å². The summed E-state index contributed by atoms with van der Waals surface area (Å²) in [6.07, 6.45) is 3.89. The third-order valence-corrected chi connectivity index (χ3v) is 4.40. The molecule has 0 unspecified atom stereocenters. The Bertz CT molecular complexity index is 694. The van der Waals surface area contributed by atoms with E-state index in [1.54, 1.807) is 23.1 Å². The summed E-state index contributed by atoms with van der Waals surface area (Å²) in [6, 6.07) is 8.72. The number of aromatic nitrogens is 1. The molecule has 0 bridgehead atoms. The number of hydrogen-bond acceptors (Lipinski definition) is 1. The van der Waals surface area contributed by atoms with Gasteiger partial charge in [0.1, 0.15) is 11.5 Å². The summed E-state index contributed by atoms with van der Waals surface area (Å²) in [6.45, 7) is 3.05. The van der Waals surface area contributed by atoms with Crippen LogP contribution in [0, 0.1) is 5.82 Å². The lowest BCUT2D eigenvalue weighted by Gasteiger charge is -2.23. The number of rotatable bonds is 5. The fourth-order valence-electron chi connectivity index (χ4n) is 2.63. The minimum Gasteiger partial charge on any atom is -0.343 e. The standard InChI is InChI=1S/C17H18BrFN2O/c1-2-20-11-13(18)9-16(20)17(22)21(14-7-8-14)10-12-5-3-4-6-15(12)19/h3-6,9,11,14H,2,7-8,10H2,1H3. The van der Waals surface area contributed by atoms with Crippen molar-refractivity contribution < 1.29 is 9.18 Å². The molecule has 1 fully saturated rings. The molecule has 116 valence electrons. The molecule has 3 rings (SSSR count). The molecule has 1 saturated carbocycles. The van der Waals surface area contributed by atoms with Gasteiger partial charge >= 0.3 is 0 Å². The molecule has 0 spiro atoms. The molecule has 0 atom stereocenters. The molecule has 1 aromatic heterocycles. The van der Waals surface area contributed by atoms with Crippen LogP contribution in [0.3, 0.4) is 0 Å². The molecule has 0 radical (unpaired) electrons. The molecule has 1 aliphatic rings. The Kier molecular flexibility index (Phi) is 4.34.